The summed E-state index contributed by atoms with van der Waals surface area (Å²) in [5.41, 5.74) is 0.777. The Morgan fingerprint density at radius 3 is 2.23 bits per heavy atom. The summed E-state index contributed by atoms with van der Waals surface area (Å²) in [7, 11) is 0. The maximum atomic E-state index is 13.6. The van der Waals surface area contributed by atoms with Crippen molar-refractivity contribution >= 4 is 39.1 Å². The van der Waals surface area contributed by atoms with Crippen molar-refractivity contribution in [2.75, 3.05) is 10.6 Å². The Labute approximate surface area is 133 Å². The summed E-state index contributed by atoms with van der Waals surface area (Å²) in [4.78, 5) is 23.0. The Hall–Kier alpha value is -2.28. The van der Waals surface area contributed by atoms with Crippen LogP contribution in [0.25, 0.3) is 0 Å². The van der Waals surface area contributed by atoms with Crippen LogP contribution in [0.3, 0.4) is 0 Å². The minimum atomic E-state index is -0.894. The molecule has 0 bridgehead atoms. The number of ketones is 1. The first-order valence-corrected chi connectivity index (χ1v) is 6.99. The second-order valence-corrected chi connectivity index (χ2v) is 5.31. The molecule has 0 aromatic heterocycles. The number of hydrogen-bond donors (Lipinski definition) is 2. The SMILES string of the molecule is CC(=O)c1ccc(NC(=O)Nc2c(F)cc(F)cc2Br)cc1. The van der Waals surface area contributed by atoms with Crippen LogP contribution >= 0.6 is 15.9 Å². The van der Waals surface area contributed by atoms with Crippen molar-refractivity contribution in [1.82, 2.24) is 0 Å². The van der Waals surface area contributed by atoms with Crippen LogP contribution in [0.4, 0.5) is 25.0 Å². The number of nitrogens with one attached hydrogen (secondary N) is 2. The summed E-state index contributed by atoms with van der Waals surface area (Å²) in [6.45, 7) is 1.43. The van der Waals surface area contributed by atoms with E-state index in [2.05, 4.69) is 26.6 Å². The average Bonchev–Trinajstić information content (AvgIpc) is 2.43. The van der Waals surface area contributed by atoms with Crippen molar-refractivity contribution in [3.63, 3.8) is 0 Å². The van der Waals surface area contributed by atoms with E-state index in [0.29, 0.717) is 17.3 Å². The van der Waals surface area contributed by atoms with Crippen molar-refractivity contribution in [2.24, 2.45) is 0 Å². The van der Waals surface area contributed by atoms with Crippen LogP contribution in [0.2, 0.25) is 0 Å². The van der Waals surface area contributed by atoms with E-state index >= 15 is 0 Å². The number of benzene rings is 2. The van der Waals surface area contributed by atoms with Gasteiger partial charge in [0.2, 0.25) is 0 Å². The van der Waals surface area contributed by atoms with Gasteiger partial charge < -0.3 is 10.6 Å². The number of carbonyl (C=O) groups excluding carboxylic acids is 2. The third kappa shape index (κ3) is 3.88. The first-order chi connectivity index (χ1) is 10.4. The van der Waals surface area contributed by atoms with E-state index in [1.165, 1.54) is 6.92 Å². The number of anilines is 2. The lowest BCUT2D eigenvalue weighted by Crippen LogP contribution is -2.20. The molecule has 2 aromatic carbocycles. The molecule has 0 aliphatic rings. The van der Waals surface area contributed by atoms with Gasteiger partial charge in [0, 0.05) is 21.8 Å². The second-order valence-electron chi connectivity index (χ2n) is 4.46. The molecule has 0 aliphatic carbocycles. The number of carbonyl (C=O) groups is 2. The van der Waals surface area contributed by atoms with Crippen molar-refractivity contribution in [3.05, 3.63) is 58.1 Å². The zero-order valence-corrected chi connectivity index (χ0v) is 13.0. The summed E-state index contributed by atoms with van der Waals surface area (Å²) in [6, 6.07) is 7.24. The highest BCUT2D eigenvalue weighted by Crippen LogP contribution is 2.27. The molecule has 0 saturated heterocycles. The molecule has 4 nitrogen and oxygen atoms in total. The summed E-state index contributed by atoms with van der Waals surface area (Å²) < 4.78 is 26.7. The molecule has 114 valence electrons. The molecule has 7 heteroatoms. The molecule has 2 rings (SSSR count). The van der Waals surface area contributed by atoms with Gasteiger partial charge in [0.1, 0.15) is 5.82 Å². The van der Waals surface area contributed by atoms with E-state index in [1.54, 1.807) is 24.3 Å². The summed E-state index contributed by atoms with van der Waals surface area (Å²) in [5, 5.41) is 4.77. The topological polar surface area (TPSA) is 58.2 Å². The van der Waals surface area contributed by atoms with Gasteiger partial charge in [-0.2, -0.15) is 0 Å². The lowest BCUT2D eigenvalue weighted by atomic mass is 10.1. The van der Waals surface area contributed by atoms with E-state index < -0.39 is 17.7 Å². The van der Waals surface area contributed by atoms with Crippen molar-refractivity contribution in [2.45, 2.75) is 6.92 Å². The monoisotopic (exact) mass is 368 g/mol. The van der Waals surface area contributed by atoms with E-state index in [0.717, 1.165) is 6.07 Å². The number of rotatable bonds is 3. The molecule has 0 spiro atoms. The Balaban J connectivity index is 2.09. The van der Waals surface area contributed by atoms with Crippen LogP contribution in [-0.4, -0.2) is 11.8 Å². The maximum Gasteiger partial charge on any atom is 0.323 e. The molecule has 2 aromatic rings. The van der Waals surface area contributed by atoms with Gasteiger partial charge in [-0.15, -0.1) is 0 Å². The molecular formula is C15H11BrF2N2O2. The number of halogens is 3. The number of Topliss-reactive ketones (excluding diaryl/α,β-unsaturated/α-hetero) is 1. The Bertz CT molecular complexity index is 710. The zero-order valence-electron chi connectivity index (χ0n) is 11.4. The first kappa shape index (κ1) is 16.1. The summed E-state index contributed by atoms with van der Waals surface area (Å²) >= 11 is 2.98. The lowest BCUT2D eigenvalue weighted by Gasteiger charge is -2.10. The third-order valence-corrected chi connectivity index (χ3v) is 3.42. The largest absolute Gasteiger partial charge is 0.323 e. The van der Waals surface area contributed by atoms with Crippen LogP contribution in [0.5, 0.6) is 0 Å². The summed E-state index contributed by atoms with van der Waals surface area (Å²) in [6.07, 6.45) is 0. The number of hydrogen-bond acceptors (Lipinski definition) is 2. The van der Waals surface area contributed by atoms with Gasteiger partial charge in [-0.25, -0.2) is 13.6 Å². The number of urea groups is 1. The molecule has 0 aliphatic heterocycles. The quantitative estimate of drug-likeness (QED) is 0.779. The standard InChI is InChI=1S/C15H11BrF2N2O2/c1-8(21)9-2-4-11(5-3-9)19-15(22)20-14-12(16)6-10(17)7-13(14)18/h2-7H,1H3,(H2,19,20,22). The fraction of sp³-hybridized carbons (Fsp3) is 0.0667. The molecule has 0 unspecified atom stereocenters. The van der Waals surface area contributed by atoms with Gasteiger partial charge in [0.25, 0.3) is 0 Å². The number of amides is 2. The molecule has 2 amide bonds. The molecule has 0 atom stereocenters. The predicted molar refractivity (Wildman–Crippen MR) is 83.1 cm³/mol. The van der Waals surface area contributed by atoms with Crippen LogP contribution in [-0.2, 0) is 0 Å². The van der Waals surface area contributed by atoms with Crippen LogP contribution < -0.4 is 10.6 Å². The Kier molecular flexibility index (Phi) is 4.87. The van der Waals surface area contributed by atoms with Crippen molar-refractivity contribution < 1.29 is 18.4 Å². The minimum Gasteiger partial charge on any atom is -0.308 e. The fourth-order valence-corrected chi connectivity index (χ4v) is 2.23. The van der Waals surface area contributed by atoms with Crippen LogP contribution in [0.1, 0.15) is 17.3 Å². The smallest absolute Gasteiger partial charge is 0.308 e. The molecule has 0 fully saturated rings. The maximum absolute atomic E-state index is 13.6. The van der Waals surface area contributed by atoms with Gasteiger partial charge in [-0.1, -0.05) is 0 Å². The predicted octanol–water partition coefficient (Wildman–Crippen LogP) is 4.57. The van der Waals surface area contributed by atoms with Crippen molar-refractivity contribution in [3.8, 4) is 0 Å². The second kappa shape index (κ2) is 6.65. The van der Waals surface area contributed by atoms with E-state index in [1.807, 2.05) is 0 Å². The Morgan fingerprint density at radius 1 is 1.05 bits per heavy atom. The lowest BCUT2D eigenvalue weighted by molar-refractivity contribution is 0.101. The molecule has 2 N–H and O–H groups in total. The van der Waals surface area contributed by atoms with E-state index in [9.17, 15) is 18.4 Å². The Morgan fingerprint density at radius 2 is 1.68 bits per heavy atom. The highest BCUT2D eigenvalue weighted by atomic mass is 79.9. The molecule has 22 heavy (non-hydrogen) atoms. The average molecular weight is 369 g/mol. The van der Waals surface area contributed by atoms with Gasteiger partial charge in [0.15, 0.2) is 11.6 Å². The van der Waals surface area contributed by atoms with E-state index in [4.69, 9.17) is 0 Å². The highest BCUT2D eigenvalue weighted by Gasteiger charge is 2.13. The third-order valence-electron chi connectivity index (χ3n) is 2.79. The normalized spacial score (nSPS) is 10.2. The highest BCUT2D eigenvalue weighted by molar-refractivity contribution is 9.10. The molecular weight excluding hydrogens is 358 g/mol. The minimum absolute atomic E-state index is 0.0895. The zero-order chi connectivity index (χ0) is 16.3. The van der Waals surface area contributed by atoms with Crippen molar-refractivity contribution in [1.29, 1.82) is 0 Å². The van der Waals surface area contributed by atoms with Gasteiger partial charge in [0.05, 0.1) is 5.69 Å². The first-order valence-electron chi connectivity index (χ1n) is 6.20. The molecule has 0 saturated carbocycles. The van der Waals surface area contributed by atoms with Crippen LogP contribution in [0.15, 0.2) is 40.9 Å². The summed E-state index contributed by atoms with van der Waals surface area (Å²) in [5.74, 6) is -1.74. The van der Waals surface area contributed by atoms with Gasteiger partial charge in [-0.05, 0) is 53.2 Å². The fourth-order valence-electron chi connectivity index (χ4n) is 1.73. The van der Waals surface area contributed by atoms with Crippen LogP contribution in [0, 0.1) is 11.6 Å². The van der Waals surface area contributed by atoms with Gasteiger partial charge in [-0.3, -0.25) is 4.79 Å². The van der Waals surface area contributed by atoms with Gasteiger partial charge >= 0.3 is 6.03 Å². The molecule has 0 radical (unpaired) electrons. The van der Waals surface area contributed by atoms with E-state index in [-0.39, 0.29) is 15.9 Å². The molecule has 0 heterocycles.